The van der Waals surface area contributed by atoms with Gasteiger partial charge in [0, 0.05) is 11.0 Å². The Labute approximate surface area is 201 Å². The van der Waals surface area contributed by atoms with Gasteiger partial charge in [0.15, 0.2) is 0 Å². The second-order valence-electron chi connectivity index (χ2n) is 9.58. The molecule has 0 N–H and O–H groups in total. The Hall–Kier alpha value is -3.71. The van der Waals surface area contributed by atoms with E-state index >= 15 is 4.39 Å². The Morgan fingerprint density at radius 2 is 1.65 bits per heavy atom. The summed E-state index contributed by atoms with van der Waals surface area (Å²) >= 11 is 0. The highest BCUT2D eigenvalue weighted by atomic mass is 19.1. The lowest BCUT2D eigenvalue weighted by atomic mass is 9.80. The third kappa shape index (κ3) is 3.35. The maximum atomic E-state index is 15.1. The van der Waals surface area contributed by atoms with Crippen molar-refractivity contribution in [3.05, 3.63) is 126 Å². The molecule has 4 aromatic carbocycles. The van der Waals surface area contributed by atoms with E-state index in [1.807, 2.05) is 37.3 Å². The van der Waals surface area contributed by atoms with Gasteiger partial charge in [-0.3, -0.25) is 0 Å². The second kappa shape index (κ2) is 8.25. The predicted octanol–water partition coefficient (Wildman–Crippen LogP) is 9.41. The lowest BCUT2D eigenvalue weighted by Crippen LogP contribution is -2.15. The van der Waals surface area contributed by atoms with Gasteiger partial charge >= 0.3 is 0 Å². The summed E-state index contributed by atoms with van der Waals surface area (Å²) in [5.41, 5.74) is 9.84. The minimum Gasteiger partial charge on any atom is -0.206 e. The summed E-state index contributed by atoms with van der Waals surface area (Å²) in [6.45, 7) is 12.5. The molecule has 1 heteroatoms. The van der Waals surface area contributed by atoms with Crippen LogP contribution < -0.4 is 0 Å². The van der Waals surface area contributed by atoms with E-state index in [4.69, 9.17) is 0 Å². The molecule has 0 aliphatic heterocycles. The highest BCUT2D eigenvalue weighted by Gasteiger charge is 2.37. The minimum absolute atomic E-state index is 0.162. The van der Waals surface area contributed by atoms with Gasteiger partial charge in [0.25, 0.3) is 0 Å². The van der Waals surface area contributed by atoms with Crippen molar-refractivity contribution in [2.45, 2.75) is 33.1 Å². The first-order chi connectivity index (χ1) is 16.4. The largest absolute Gasteiger partial charge is 0.206 e. The third-order valence-electron chi connectivity index (χ3n) is 7.22. The molecule has 168 valence electrons. The molecule has 0 atom stereocenters. The standard InChI is InChI=1S/C33H29F/c1-6-8-11-22(7-2)23-15-17-31(34)28(19-23)24-14-16-27-29(20-24)33(4,5)30-18-21(3)25-12-9-10-13-26(25)32(27)30/h6-20H,1H2,2-5H3/b11-8-,22-7+. The zero-order valence-electron chi connectivity index (χ0n) is 20.2. The van der Waals surface area contributed by atoms with E-state index in [1.165, 1.54) is 38.6 Å². The number of rotatable bonds is 4. The molecule has 0 bridgehead atoms. The molecule has 0 heterocycles. The first kappa shape index (κ1) is 22.1. The summed E-state index contributed by atoms with van der Waals surface area (Å²) in [7, 11) is 0. The van der Waals surface area contributed by atoms with Crippen LogP contribution in [-0.2, 0) is 5.41 Å². The SMILES string of the molecule is C=C/C=C\C(=C/C)c1ccc(F)c(-c2ccc3c(c2)C(C)(C)c2cc(C)c4ccccc4c2-3)c1. The average Bonchev–Trinajstić information content (AvgIpc) is 3.07. The second-order valence-corrected chi connectivity index (χ2v) is 9.58. The molecular weight excluding hydrogens is 415 g/mol. The van der Waals surface area contributed by atoms with Crippen LogP contribution in [0.25, 0.3) is 38.6 Å². The average molecular weight is 445 g/mol. The monoisotopic (exact) mass is 444 g/mol. The zero-order chi connectivity index (χ0) is 24.0. The fraction of sp³-hybridized carbons (Fsp3) is 0.152. The van der Waals surface area contributed by atoms with E-state index in [1.54, 1.807) is 12.1 Å². The number of halogens is 1. The van der Waals surface area contributed by atoms with Gasteiger partial charge < -0.3 is 0 Å². The van der Waals surface area contributed by atoms with E-state index in [0.717, 1.165) is 16.7 Å². The van der Waals surface area contributed by atoms with Crippen molar-refractivity contribution in [3.63, 3.8) is 0 Å². The normalized spacial score (nSPS) is 14.4. The van der Waals surface area contributed by atoms with E-state index < -0.39 is 0 Å². The lowest BCUT2D eigenvalue weighted by Gasteiger charge is -2.23. The molecule has 0 amide bonds. The van der Waals surface area contributed by atoms with Gasteiger partial charge in [-0.25, -0.2) is 4.39 Å². The molecule has 0 aromatic heterocycles. The Kier molecular flexibility index (Phi) is 5.37. The van der Waals surface area contributed by atoms with Crippen LogP contribution in [0.3, 0.4) is 0 Å². The number of fused-ring (bicyclic) bond motifs is 5. The van der Waals surface area contributed by atoms with Gasteiger partial charge in [-0.2, -0.15) is 0 Å². The molecule has 0 nitrogen and oxygen atoms in total. The number of benzene rings is 4. The van der Waals surface area contributed by atoms with Gasteiger partial charge in [-0.1, -0.05) is 93.3 Å². The number of hydrogen-bond donors (Lipinski definition) is 0. The van der Waals surface area contributed by atoms with E-state index in [-0.39, 0.29) is 11.2 Å². The molecule has 0 saturated heterocycles. The molecular formula is C33H29F. The molecule has 0 fully saturated rings. The van der Waals surface area contributed by atoms with Gasteiger partial charge in [-0.05, 0) is 87.3 Å². The number of aryl methyl sites for hydroxylation is 1. The molecule has 5 rings (SSSR count). The summed E-state index contributed by atoms with van der Waals surface area (Å²) in [5, 5.41) is 2.58. The zero-order valence-corrected chi connectivity index (χ0v) is 20.2. The summed E-state index contributed by atoms with van der Waals surface area (Å²) in [5.74, 6) is -0.207. The molecule has 0 spiro atoms. The quantitative estimate of drug-likeness (QED) is 0.275. The lowest BCUT2D eigenvalue weighted by molar-refractivity contribution is 0.630. The third-order valence-corrected chi connectivity index (χ3v) is 7.22. The fourth-order valence-electron chi connectivity index (χ4n) is 5.39. The molecule has 4 aromatic rings. The topological polar surface area (TPSA) is 0 Å². The highest BCUT2D eigenvalue weighted by molar-refractivity contribution is 6.04. The van der Waals surface area contributed by atoms with Crippen molar-refractivity contribution >= 4 is 16.3 Å². The van der Waals surface area contributed by atoms with E-state index in [9.17, 15) is 0 Å². The molecule has 0 saturated carbocycles. The van der Waals surface area contributed by atoms with Crippen molar-refractivity contribution in [2.24, 2.45) is 0 Å². The first-order valence-corrected chi connectivity index (χ1v) is 11.8. The summed E-state index contributed by atoms with van der Waals surface area (Å²) in [6.07, 6.45) is 7.69. The smallest absolute Gasteiger partial charge is 0.131 e. The van der Waals surface area contributed by atoms with Gasteiger partial charge in [0.1, 0.15) is 5.82 Å². The van der Waals surface area contributed by atoms with Crippen molar-refractivity contribution < 1.29 is 4.39 Å². The predicted molar refractivity (Wildman–Crippen MR) is 145 cm³/mol. The maximum absolute atomic E-state index is 15.1. The Morgan fingerprint density at radius 1 is 0.882 bits per heavy atom. The summed E-state index contributed by atoms with van der Waals surface area (Å²) in [6, 6.07) is 22.8. The van der Waals surface area contributed by atoms with Gasteiger partial charge in [0.2, 0.25) is 0 Å². The maximum Gasteiger partial charge on any atom is 0.131 e. The Bertz CT molecular complexity index is 1510. The van der Waals surface area contributed by atoms with E-state index in [0.29, 0.717) is 5.56 Å². The van der Waals surface area contributed by atoms with Crippen LogP contribution in [0.5, 0.6) is 0 Å². The first-order valence-electron chi connectivity index (χ1n) is 11.8. The van der Waals surface area contributed by atoms with Crippen molar-refractivity contribution in [3.8, 4) is 22.3 Å². The minimum atomic E-state index is -0.207. The molecule has 1 aliphatic carbocycles. The molecule has 0 radical (unpaired) electrons. The van der Waals surface area contributed by atoms with Crippen LogP contribution in [0, 0.1) is 12.7 Å². The Balaban J connectivity index is 1.69. The summed E-state index contributed by atoms with van der Waals surface area (Å²) in [4.78, 5) is 0. The fourth-order valence-corrected chi connectivity index (χ4v) is 5.39. The summed E-state index contributed by atoms with van der Waals surface area (Å²) < 4.78 is 15.1. The molecule has 0 unspecified atom stereocenters. The van der Waals surface area contributed by atoms with Crippen molar-refractivity contribution in [1.29, 1.82) is 0 Å². The van der Waals surface area contributed by atoms with Gasteiger partial charge in [-0.15, -0.1) is 0 Å². The van der Waals surface area contributed by atoms with Crippen molar-refractivity contribution in [1.82, 2.24) is 0 Å². The van der Waals surface area contributed by atoms with Crippen molar-refractivity contribution in [2.75, 3.05) is 0 Å². The highest BCUT2D eigenvalue weighted by Crippen LogP contribution is 2.52. The van der Waals surface area contributed by atoms with E-state index in [2.05, 4.69) is 75.9 Å². The van der Waals surface area contributed by atoms with Crippen LogP contribution >= 0.6 is 0 Å². The molecule has 34 heavy (non-hydrogen) atoms. The van der Waals surface area contributed by atoms with Crippen LogP contribution in [0.1, 0.15) is 43.0 Å². The van der Waals surface area contributed by atoms with Gasteiger partial charge in [0.05, 0.1) is 0 Å². The Morgan fingerprint density at radius 3 is 2.38 bits per heavy atom. The molecule has 1 aliphatic rings. The number of hydrogen-bond acceptors (Lipinski definition) is 0. The van der Waals surface area contributed by atoms with Crippen LogP contribution in [0.4, 0.5) is 4.39 Å². The number of allylic oxidation sites excluding steroid dienone is 5. The van der Waals surface area contributed by atoms with Crippen LogP contribution in [0.15, 0.2) is 97.6 Å². The van der Waals surface area contributed by atoms with Crippen LogP contribution in [0.2, 0.25) is 0 Å². The van der Waals surface area contributed by atoms with Crippen LogP contribution in [-0.4, -0.2) is 0 Å².